The number of rotatable bonds is 6. The molecule has 35 heavy (non-hydrogen) atoms. The van der Waals surface area contributed by atoms with Crippen LogP contribution in [0, 0.1) is 0 Å². The highest BCUT2D eigenvalue weighted by Crippen LogP contribution is 2.44. The summed E-state index contributed by atoms with van der Waals surface area (Å²) in [7, 11) is 3.07. The highest BCUT2D eigenvalue weighted by Gasteiger charge is 2.48. The largest absolute Gasteiger partial charge is 0.507 e. The van der Waals surface area contributed by atoms with Gasteiger partial charge >= 0.3 is 0 Å². The highest BCUT2D eigenvalue weighted by molar-refractivity contribution is 6.46. The zero-order chi connectivity index (χ0) is 24.7. The van der Waals surface area contributed by atoms with E-state index in [0.29, 0.717) is 35.7 Å². The number of hydrogen-bond acceptors (Lipinski definition) is 7. The molecule has 0 aromatic heterocycles. The Labute approximate surface area is 204 Å². The number of aliphatic hydroxyl groups excluding tert-OH is 1. The number of nitrogens with zero attached hydrogens (tertiary/aromatic N) is 1. The maximum Gasteiger partial charge on any atom is 0.295 e. The van der Waals surface area contributed by atoms with Crippen molar-refractivity contribution in [3.8, 4) is 17.2 Å². The molecule has 0 radical (unpaired) electrons. The van der Waals surface area contributed by atoms with Gasteiger partial charge in [-0.15, -0.1) is 0 Å². The molecule has 3 aliphatic rings. The number of hydrogen-bond donors (Lipinski definition) is 1. The zero-order valence-corrected chi connectivity index (χ0v) is 20.1. The van der Waals surface area contributed by atoms with Crippen LogP contribution in [0.5, 0.6) is 17.2 Å². The first kappa shape index (κ1) is 23.2. The van der Waals surface area contributed by atoms with Crippen LogP contribution in [0.1, 0.15) is 42.5 Å². The van der Waals surface area contributed by atoms with Gasteiger partial charge in [-0.25, -0.2) is 0 Å². The Kier molecular flexibility index (Phi) is 6.15. The molecule has 0 unspecified atom stereocenters. The van der Waals surface area contributed by atoms with E-state index in [0.717, 1.165) is 24.2 Å². The molecule has 2 fully saturated rings. The van der Waals surface area contributed by atoms with Crippen molar-refractivity contribution >= 4 is 17.4 Å². The van der Waals surface area contributed by atoms with Crippen molar-refractivity contribution in [1.29, 1.82) is 0 Å². The van der Waals surface area contributed by atoms with Gasteiger partial charge in [0.1, 0.15) is 29.1 Å². The van der Waals surface area contributed by atoms with E-state index in [-0.39, 0.29) is 30.1 Å². The molecule has 5 rings (SSSR count). The Bertz CT molecular complexity index is 1200. The molecule has 0 spiro atoms. The lowest BCUT2D eigenvalue weighted by atomic mass is 9.93. The molecule has 8 heteroatoms. The van der Waals surface area contributed by atoms with Crippen molar-refractivity contribution in [3.05, 3.63) is 58.7 Å². The lowest BCUT2D eigenvalue weighted by molar-refractivity contribution is -0.140. The number of amides is 1. The van der Waals surface area contributed by atoms with Crippen LogP contribution in [0.4, 0.5) is 0 Å². The summed E-state index contributed by atoms with van der Waals surface area (Å²) in [4.78, 5) is 28.1. The minimum atomic E-state index is -0.830. The standard InChI is InChI=1S/C27H29NO7/c1-15-11-17-12-16(6-9-21(17)35-15)25(29)23-24(20-8-7-18(32-2)13-22(20)33-3)28(27(31)26(23)30)14-19-5-4-10-34-19/h6-9,12-13,15,19,24,29H,4-5,10-11,14H2,1-3H3/t15-,19-,24+/m0/s1. The third-order valence-electron chi connectivity index (χ3n) is 6.87. The van der Waals surface area contributed by atoms with Crippen molar-refractivity contribution in [2.24, 2.45) is 0 Å². The minimum absolute atomic E-state index is 0.0309. The number of benzene rings is 2. The Balaban J connectivity index is 1.64. The van der Waals surface area contributed by atoms with Crippen LogP contribution in [-0.2, 0) is 20.7 Å². The summed E-state index contributed by atoms with van der Waals surface area (Å²) in [5, 5.41) is 11.4. The van der Waals surface area contributed by atoms with Gasteiger partial charge in [0.2, 0.25) is 0 Å². The van der Waals surface area contributed by atoms with E-state index in [4.69, 9.17) is 18.9 Å². The number of Topliss-reactive ketones (excluding diaryl/α,β-unsaturated/α-hetero) is 1. The number of methoxy groups -OCH3 is 2. The predicted octanol–water partition coefficient (Wildman–Crippen LogP) is 3.63. The molecule has 2 aromatic carbocycles. The number of carbonyl (C=O) groups excluding carboxylic acids is 2. The van der Waals surface area contributed by atoms with Gasteiger partial charge in [0, 0.05) is 36.8 Å². The third kappa shape index (κ3) is 4.12. The van der Waals surface area contributed by atoms with Crippen molar-refractivity contribution in [3.63, 3.8) is 0 Å². The van der Waals surface area contributed by atoms with Crippen molar-refractivity contribution in [2.45, 2.75) is 44.4 Å². The SMILES string of the molecule is COc1ccc([C@@H]2C(=C(O)c3ccc4c(c3)C[C@H](C)O4)C(=O)C(=O)N2C[C@@H]2CCCO2)c(OC)c1. The fraction of sp³-hybridized carbons (Fsp3) is 0.407. The number of carbonyl (C=O) groups is 2. The molecule has 0 saturated carbocycles. The first-order valence-corrected chi connectivity index (χ1v) is 11.8. The molecule has 3 heterocycles. The van der Waals surface area contributed by atoms with E-state index >= 15 is 0 Å². The normalized spacial score (nSPS) is 25.0. The van der Waals surface area contributed by atoms with E-state index in [1.807, 2.05) is 13.0 Å². The van der Waals surface area contributed by atoms with Crippen molar-refractivity contribution < 1.29 is 33.6 Å². The van der Waals surface area contributed by atoms with Crippen molar-refractivity contribution in [2.75, 3.05) is 27.4 Å². The first-order chi connectivity index (χ1) is 16.9. The van der Waals surface area contributed by atoms with E-state index in [1.165, 1.54) is 12.0 Å². The molecular formula is C27H29NO7. The van der Waals surface area contributed by atoms with Crippen LogP contribution in [0.2, 0.25) is 0 Å². The number of ketones is 1. The number of likely N-dealkylation sites (tertiary alicyclic amines) is 1. The van der Waals surface area contributed by atoms with Crippen LogP contribution in [0.15, 0.2) is 42.0 Å². The Morgan fingerprint density at radius 2 is 1.97 bits per heavy atom. The summed E-state index contributed by atoms with van der Waals surface area (Å²) in [5.41, 5.74) is 2.04. The van der Waals surface area contributed by atoms with Crippen molar-refractivity contribution in [1.82, 2.24) is 4.90 Å². The summed E-state index contributed by atoms with van der Waals surface area (Å²) in [5.74, 6) is 0.186. The minimum Gasteiger partial charge on any atom is -0.507 e. The first-order valence-electron chi connectivity index (χ1n) is 11.8. The number of ether oxygens (including phenoxy) is 4. The van der Waals surface area contributed by atoms with Crippen LogP contribution < -0.4 is 14.2 Å². The number of fused-ring (bicyclic) bond motifs is 1. The molecule has 1 N–H and O–H groups in total. The highest BCUT2D eigenvalue weighted by atomic mass is 16.5. The van der Waals surface area contributed by atoms with Crippen LogP contribution in [0.3, 0.4) is 0 Å². The maximum atomic E-state index is 13.4. The molecule has 0 aliphatic carbocycles. The van der Waals surface area contributed by atoms with Gasteiger partial charge in [0.15, 0.2) is 0 Å². The fourth-order valence-electron chi connectivity index (χ4n) is 5.17. The topological polar surface area (TPSA) is 94.5 Å². The molecule has 3 aliphatic heterocycles. The van der Waals surface area contributed by atoms with Gasteiger partial charge < -0.3 is 29.0 Å². The van der Waals surface area contributed by atoms with Crippen LogP contribution in [0.25, 0.3) is 5.76 Å². The van der Waals surface area contributed by atoms with E-state index in [2.05, 4.69) is 0 Å². The van der Waals surface area contributed by atoms with Gasteiger partial charge in [-0.2, -0.15) is 0 Å². The van der Waals surface area contributed by atoms with Gasteiger partial charge in [0.05, 0.1) is 31.9 Å². The average Bonchev–Trinajstić information content (AvgIpc) is 3.57. The molecule has 184 valence electrons. The molecule has 3 atom stereocenters. The molecule has 1 amide bonds. The second-order valence-electron chi connectivity index (χ2n) is 9.15. The number of aliphatic hydroxyl groups is 1. The Morgan fingerprint density at radius 3 is 2.69 bits per heavy atom. The summed E-state index contributed by atoms with van der Waals surface area (Å²) < 4.78 is 22.5. The summed E-state index contributed by atoms with van der Waals surface area (Å²) in [6.07, 6.45) is 2.29. The fourth-order valence-corrected chi connectivity index (χ4v) is 5.17. The average molecular weight is 480 g/mol. The molecule has 8 nitrogen and oxygen atoms in total. The molecular weight excluding hydrogens is 450 g/mol. The summed E-state index contributed by atoms with van der Waals surface area (Å²) >= 11 is 0. The Hall–Kier alpha value is -3.52. The van der Waals surface area contributed by atoms with E-state index in [1.54, 1.807) is 37.4 Å². The van der Waals surface area contributed by atoms with E-state index < -0.39 is 17.7 Å². The lowest BCUT2D eigenvalue weighted by Gasteiger charge is -2.28. The quantitative estimate of drug-likeness (QED) is 0.384. The van der Waals surface area contributed by atoms with Gasteiger partial charge in [0.25, 0.3) is 11.7 Å². The molecule has 2 saturated heterocycles. The summed E-state index contributed by atoms with van der Waals surface area (Å²) in [6.45, 7) is 2.85. The summed E-state index contributed by atoms with van der Waals surface area (Å²) in [6, 6.07) is 9.71. The van der Waals surface area contributed by atoms with E-state index in [9.17, 15) is 14.7 Å². The monoisotopic (exact) mass is 479 g/mol. The maximum absolute atomic E-state index is 13.4. The van der Waals surface area contributed by atoms with Gasteiger partial charge in [-0.05, 0) is 55.7 Å². The van der Waals surface area contributed by atoms with Crippen LogP contribution >= 0.6 is 0 Å². The van der Waals surface area contributed by atoms with Gasteiger partial charge in [-0.1, -0.05) is 0 Å². The Morgan fingerprint density at radius 1 is 1.14 bits per heavy atom. The van der Waals surface area contributed by atoms with Gasteiger partial charge in [-0.3, -0.25) is 9.59 Å². The smallest absolute Gasteiger partial charge is 0.295 e. The third-order valence-corrected chi connectivity index (χ3v) is 6.87. The second kappa shape index (κ2) is 9.26. The predicted molar refractivity (Wildman–Crippen MR) is 128 cm³/mol. The van der Waals surface area contributed by atoms with Crippen LogP contribution in [-0.4, -0.2) is 61.3 Å². The molecule has 2 aromatic rings. The lowest BCUT2D eigenvalue weighted by Crippen LogP contribution is -2.36. The molecule has 0 bridgehead atoms. The second-order valence-corrected chi connectivity index (χ2v) is 9.15. The zero-order valence-electron chi connectivity index (χ0n) is 20.1.